The standard InChI is InChI=1S/C32H35F3/c1-3-5-6-8-22-9-11-24(12-10-22)28-19-18-27(21-30(28)33)23-13-15-25(16-14-23)29-20-17-26(7-4-2)31(34)32(29)35/h3,5,13-22,24H,4,6-12H2,1-2H3. The number of rotatable bonds is 8. The van der Waals surface area contributed by atoms with Gasteiger partial charge in [0.05, 0.1) is 0 Å². The summed E-state index contributed by atoms with van der Waals surface area (Å²) in [7, 11) is 0. The lowest BCUT2D eigenvalue weighted by Crippen LogP contribution is -2.14. The molecule has 0 amide bonds. The molecule has 1 fully saturated rings. The highest BCUT2D eigenvalue weighted by Crippen LogP contribution is 2.39. The third-order valence-corrected chi connectivity index (χ3v) is 7.48. The van der Waals surface area contributed by atoms with Crippen molar-refractivity contribution < 1.29 is 13.2 Å². The molecular weight excluding hydrogens is 441 g/mol. The highest BCUT2D eigenvalue weighted by atomic mass is 19.2. The normalized spacial score (nSPS) is 18.3. The van der Waals surface area contributed by atoms with Gasteiger partial charge in [-0.2, -0.15) is 0 Å². The zero-order valence-electron chi connectivity index (χ0n) is 20.8. The van der Waals surface area contributed by atoms with Crippen LogP contribution in [0.25, 0.3) is 22.3 Å². The first kappa shape index (κ1) is 25.3. The van der Waals surface area contributed by atoms with E-state index in [4.69, 9.17) is 0 Å². The van der Waals surface area contributed by atoms with E-state index in [1.54, 1.807) is 30.3 Å². The van der Waals surface area contributed by atoms with E-state index in [9.17, 15) is 8.78 Å². The topological polar surface area (TPSA) is 0 Å². The van der Waals surface area contributed by atoms with Crippen molar-refractivity contribution in [3.8, 4) is 22.3 Å². The predicted molar refractivity (Wildman–Crippen MR) is 140 cm³/mol. The van der Waals surface area contributed by atoms with Crippen LogP contribution in [0.4, 0.5) is 13.2 Å². The molecule has 0 radical (unpaired) electrons. The molecule has 3 aromatic rings. The van der Waals surface area contributed by atoms with Crippen LogP contribution in [0.5, 0.6) is 0 Å². The van der Waals surface area contributed by atoms with E-state index in [1.165, 1.54) is 19.3 Å². The third kappa shape index (κ3) is 5.89. The molecule has 0 N–H and O–H groups in total. The Morgan fingerprint density at radius 3 is 2.14 bits per heavy atom. The monoisotopic (exact) mass is 476 g/mol. The summed E-state index contributed by atoms with van der Waals surface area (Å²) in [4.78, 5) is 0. The Hall–Kier alpha value is -2.81. The zero-order chi connectivity index (χ0) is 24.8. The van der Waals surface area contributed by atoms with Crippen LogP contribution in [-0.2, 0) is 6.42 Å². The van der Waals surface area contributed by atoms with Gasteiger partial charge in [-0.1, -0.05) is 74.0 Å². The number of allylic oxidation sites excluding steroid dienone is 2. The Balaban J connectivity index is 1.45. The van der Waals surface area contributed by atoms with Crippen LogP contribution in [-0.4, -0.2) is 0 Å². The molecular formula is C32H35F3. The minimum absolute atomic E-state index is 0.149. The van der Waals surface area contributed by atoms with Gasteiger partial charge in [-0.15, -0.1) is 0 Å². The van der Waals surface area contributed by atoms with Crippen LogP contribution in [0.3, 0.4) is 0 Å². The quantitative estimate of drug-likeness (QED) is 0.284. The number of hydrogen-bond acceptors (Lipinski definition) is 0. The number of aryl methyl sites for hydroxylation is 1. The molecule has 0 aliphatic heterocycles. The first-order valence-corrected chi connectivity index (χ1v) is 13.0. The molecule has 0 aromatic heterocycles. The van der Waals surface area contributed by atoms with Gasteiger partial charge in [-0.3, -0.25) is 0 Å². The fourth-order valence-corrected chi connectivity index (χ4v) is 5.42. The van der Waals surface area contributed by atoms with Gasteiger partial charge in [-0.25, -0.2) is 13.2 Å². The summed E-state index contributed by atoms with van der Waals surface area (Å²) in [5, 5.41) is 0. The predicted octanol–water partition coefficient (Wildman–Crippen LogP) is 10.0. The molecule has 184 valence electrons. The van der Waals surface area contributed by atoms with Gasteiger partial charge in [0, 0.05) is 5.56 Å². The van der Waals surface area contributed by atoms with Crippen molar-refractivity contribution >= 4 is 0 Å². The van der Waals surface area contributed by atoms with E-state index in [2.05, 4.69) is 19.1 Å². The van der Waals surface area contributed by atoms with Crippen molar-refractivity contribution in [1.82, 2.24) is 0 Å². The lowest BCUT2D eigenvalue weighted by molar-refractivity contribution is 0.308. The number of benzene rings is 3. The van der Waals surface area contributed by atoms with E-state index in [0.29, 0.717) is 17.5 Å². The van der Waals surface area contributed by atoms with E-state index >= 15 is 4.39 Å². The van der Waals surface area contributed by atoms with Crippen molar-refractivity contribution in [2.24, 2.45) is 5.92 Å². The Bertz CT molecular complexity index is 1150. The molecule has 35 heavy (non-hydrogen) atoms. The van der Waals surface area contributed by atoms with Crippen molar-refractivity contribution in [3.63, 3.8) is 0 Å². The fraction of sp³-hybridized carbons (Fsp3) is 0.375. The van der Waals surface area contributed by atoms with Crippen LogP contribution < -0.4 is 0 Å². The van der Waals surface area contributed by atoms with Crippen molar-refractivity contribution in [3.05, 3.63) is 95.3 Å². The summed E-state index contributed by atoms with van der Waals surface area (Å²) in [5.74, 6) is -0.681. The largest absolute Gasteiger partial charge is 0.207 e. The Morgan fingerprint density at radius 2 is 1.49 bits per heavy atom. The third-order valence-electron chi connectivity index (χ3n) is 7.48. The molecule has 0 unspecified atom stereocenters. The van der Waals surface area contributed by atoms with Gasteiger partial charge >= 0.3 is 0 Å². The molecule has 1 aliphatic carbocycles. The first-order chi connectivity index (χ1) is 17.0. The lowest BCUT2D eigenvalue weighted by atomic mass is 9.77. The van der Waals surface area contributed by atoms with E-state index in [0.717, 1.165) is 48.3 Å². The molecule has 0 saturated heterocycles. The summed E-state index contributed by atoms with van der Waals surface area (Å²) >= 11 is 0. The lowest BCUT2D eigenvalue weighted by Gasteiger charge is -2.29. The maximum absolute atomic E-state index is 15.1. The molecule has 1 aliphatic rings. The minimum atomic E-state index is -0.810. The van der Waals surface area contributed by atoms with Crippen LogP contribution in [0.2, 0.25) is 0 Å². The van der Waals surface area contributed by atoms with E-state index in [1.807, 2.05) is 31.2 Å². The second-order valence-electron chi connectivity index (χ2n) is 9.83. The highest BCUT2D eigenvalue weighted by Gasteiger charge is 2.24. The first-order valence-electron chi connectivity index (χ1n) is 13.0. The number of halogens is 3. The molecule has 3 heteroatoms. The molecule has 3 aromatic carbocycles. The maximum atomic E-state index is 15.1. The maximum Gasteiger partial charge on any atom is 0.166 e. The van der Waals surface area contributed by atoms with E-state index < -0.39 is 11.6 Å². The van der Waals surface area contributed by atoms with Gasteiger partial charge in [-0.05, 0) is 97.6 Å². The average Bonchev–Trinajstić information content (AvgIpc) is 2.88. The van der Waals surface area contributed by atoms with Crippen LogP contribution in [0, 0.1) is 23.4 Å². The van der Waals surface area contributed by atoms with Crippen molar-refractivity contribution in [1.29, 1.82) is 0 Å². The van der Waals surface area contributed by atoms with Crippen molar-refractivity contribution in [2.45, 2.75) is 71.1 Å². The van der Waals surface area contributed by atoms with Crippen LogP contribution >= 0.6 is 0 Å². The molecule has 0 nitrogen and oxygen atoms in total. The molecule has 0 bridgehead atoms. The molecule has 4 rings (SSSR count). The van der Waals surface area contributed by atoms with Crippen LogP contribution in [0.15, 0.2) is 66.7 Å². The Morgan fingerprint density at radius 1 is 0.800 bits per heavy atom. The van der Waals surface area contributed by atoms with Crippen LogP contribution in [0.1, 0.15) is 75.8 Å². The van der Waals surface area contributed by atoms with Crippen molar-refractivity contribution in [2.75, 3.05) is 0 Å². The Kier molecular flexibility index (Phi) is 8.49. The van der Waals surface area contributed by atoms with Gasteiger partial charge in [0.2, 0.25) is 0 Å². The summed E-state index contributed by atoms with van der Waals surface area (Å²) in [6, 6.07) is 16.1. The SMILES string of the molecule is CC=CCCC1CCC(c2ccc(-c3ccc(-c4ccc(CCC)c(F)c4F)cc3)cc2F)CC1. The summed E-state index contributed by atoms with van der Waals surface area (Å²) in [6.45, 7) is 4.00. The van der Waals surface area contributed by atoms with Gasteiger partial charge in [0.25, 0.3) is 0 Å². The van der Waals surface area contributed by atoms with Gasteiger partial charge in [0.15, 0.2) is 11.6 Å². The fourth-order valence-electron chi connectivity index (χ4n) is 5.42. The minimum Gasteiger partial charge on any atom is -0.207 e. The van der Waals surface area contributed by atoms with Gasteiger partial charge < -0.3 is 0 Å². The smallest absolute Gasteiger partial charge is 0.166 e. The second-order valence-corrected chi connectivity index (χ2v) is 9.83. The van der Waals surface area contributed by atoms with E-state index in [-0.39, 0.29) is 17.3 Å². The molecule has 1 saturated carbocycles. The summed E-state index contributed by atoms with van der Waals surface area (Å²) < 4.78 is 44.1. The van der Waals surface area contributed by atoms with Gasteiger partial charge in [0.1, 0.15) is 5.82 Å². The second kappa shape index (κ2) is 11.7. The summed E-state index contributed by atoms with van der Waals surface area (Å²) in [5.41, 5.74) is 3.73. The average molecular weight is 477 g/mol. The highest BCUT2D eigenvalue weighted by molar-refractivity contribution is 5.71. The zero-order valence-corrected chi connectivity index (χ0v) is 20.8. The molecule has 0 spiro atoms. The summed E-state index contributed by atoms with van der Waals surface area (Å²) in [6.07, 6.45) is 12.4. The number of hydrogen-bond donors (Lipinski definition) is 0. The Labute approximate surface area is 207 Å². The molecule has 0 heterocycles. The molecule has 0 atom stereocenters.